The molecule has 2 aliphatic heterocycles. The molecule has 7 heteroatoms. The van der Waals surface area contributed by atoms with Crippen LogP contribution in [0.3, 0.4) is 0 Å². The fraction of sp³-hybridized carbons (Fsp3) is 0.143. The van der Waals surface area contributed by atoms with Crippen molar-refractivity contribution in [2.24, 2.45) is 0 Å². The Balaban J connectivity index is 0.00000357. The van der Waals surface area contributed by atoms with Gasteiger partial charge in [0.2, 0.25) is 0 Å². The molecule has 0 bridgehead atoms. The zero-order valence-corrected chi connectivity index (χ0v) is 27.8. The molecule has 4 aromatic carbocycles. The van der Waals surface area contributed by atoms with Gasteiger partial charge in [-0.25, -0.2) is 0 Å². The number of para-hydroxylation sites is 3. The van der Waals surface area contributed by atoms with Gasteiger partial charge in [-0.2, -0.15) is 0 Å². The third-order valence-corrected chi connectivity index (χ3v) is 10.3. The second-order valence-electron chi connectivity index (χ2n) is 10.9. The van der Waals surface area contributed by atoms with E-state index < -0.39 is 27.9 Å². The van der Waals surface area contributed by atoms with E-state index in [2.05, 4.69) is 80.3 Å². The second-order valence-corrected chi connectivity index (χ2v) is 14.0. The Hall–Kier alpha value is -3.29. The van der Waals surface area contributed by atoms with Gasteiger partial charge in [-0.05, 0) is 0 Å². The number of hydrogen-bond donors (Lipinski definition) is 0. The fourth-order valence-electron chi connectivity index (χ4n) is 5.03. The van der Waals surface area contributed by atoms with Crippen molar-refractivity contribution in [2.45, 2.75) is 26.2 Å². The maximum absolute atomic E-state index is 8.00. The molecule has 0 spiro atoms. The minimum absolute atomic E-state index is 0. The van der Waals surface area contributed by atoms with Gasteiger partial charge in [0.15, 0.2) is 0 Å². The summed E-state index contributed by atoms with van der Waals surface area (Å²) in [5.41, 5.74) is 5.32. The monoisotopic (exact) mass is 849 g/mol. The number of fused-ring (bicyclic) bond motifs is 3. The molecule has 0 saturated heterocycles. The molecule has 0 fully saturated rings. The molecule has 0 aliphatic carbocycles. The van der Waals surface area contributed by atoms with E-state index >= 15 is 0 Å². The van der Waals surface area contributed by atoms with Crippen LogP contribution in [0.25, 0.3) is 0 Å². The number of ether oxygens (including phenoxy) is 1. The van der Waals surface area contributed by atoms with Crippen LogP contribution < -0.4 is 26.7 Å². The van der Waals surface area contributed by atoms with Crippen molar-refractivity contribution in [1.29, 1.82) is 0 Å². The smallest absolute Gasteiger partial charge is 0 e. The van der Waals surface area contributed by atoms with Gasteiger partial charge in [-0.3, -0.25) is 0 Å². The van der Waals surface area contributed by atoms with Gasteiger partial charge in [0.1, 0.15) is 0 Å². The number of benzene rings is 4. The SMILES string of the molecule is [2H]C([2H])([2H])N1[CH-]N(c2[c-]c(Oc3[c-]c4c(cc3)[Te]c3ccccc3N4c3cc(C(C)(C)C)ccn3)ccc2)c2ccccc21.[Pt]. The summed E-state index contributed by atoms with van der Waals surface area (Å²) >= 11 is -0.644. The first kappa shape index (κ1) is 25.2. The molecule has 1 aromatic heterocycles. The van der Waals surface area contributed by atoms with Gasteiger partial charge in [0.25, 0.3) is 0 Å². The Morgan fingerprint density at radius 3 is 2.40 bits per heavy atom. The number of pyridine rings is 1. The van der Waals surface area contributed by atoms with Crippen LogP contribution in [-0.2, 0) is 26.5 Å². The van der Waals surface area contributed by atoms with Crippen LogP contribution in [0.4, 0.5) is 34.3 Å². The largest absolute Gasteiger partial charge is 0 e. The number of anilines is 6. The summed E-state index contributed by atoms with van der Waals surface area (Å²) in [5.74, 6) is 1.92. The Morgan fingerprint density at radius 1 is 0.833 bits per heavy atom. The normalized spacial score (nSPS) is 15.0. The first-order valence-corrected chi connectivity index (χ1v) is 15.7. The van der Waals surface area contributed by atoms with Crippen molar-refractivity contribution in [3.05, 3.63) is 122 Å². The van der Waals surface area contributed by atoms with Crippen molar-refractivity contribution in [3.63, 3.8) is 0 Å². The maximum Gasteiger partial charge on any atom is 0 e. The van der Waals surface area contributed by atoms with E-state index in [-0.39, 0.29) is 26.5 Å². The third kappa shape index (κ3) is 5.33. The molecule has 5 aromatic rings. The van der Waals surface area contributed by atoms with E-state index in [0.717, 1.165) is 22.9 Å². The van der Waals surface area contributed by atoms with Gasteiger partial charge in [0.05, 0.1) is 0 Å². The molecule has 0 unspecified atom stereocenters. The molecule has 0 amide bonds. The van der Waals surface area contributed by atoms with E-state index in [1.54, 1.807) is 12.7 Å². The van der Waals surface area contributed by atoms with Crippen LogP contribution in [0.5, 0.6) is 11.5 Å². The topological polar surface area (TPSA) is 31.8 Å². The number of nitrogens with zero attached hydrogens (tertiary/aromatic N) is 4. The first-order chi connectivity index (χ1) is 21.1. The maximum atomic E-state index is 8.00. The van der Waals surface area contributed by atoms with Crippen molar-refractivity contribution in [2.75, 3.05) is 21.7 Å². The van der Waals surface area contributed by atoms with Gasteiger partial charge in [0, 0.05) is 25.2 Å². The summed E-state index contributed by atoms with van der Waals surface area (Å²) in [5, 5.41) is 0. The average molecular weight is 847 g/mol. The Labute approximate surface area is 276 Å². The molecule has 0 radical (unpaired) electrons. The molecule has 7 rings (SSSR count). The summed E-state index contributed by atoms with van der Waals surface area (Å²) in [6.07, 6.45) is 1.88. The fourth-order valence-corrected chi connectivity index (χ4v) is 7.95. The molecule has 0 atom stereocenters. The Morgan fingerprint density at radius 2 is 1.60 bits per heavy atom. The molecule has 3 heterocycles. The zero-order chi connectivity index (χ0) is 30.6. The van der Waals surface area contributed by atoms with Crippen molar-refractivity contribution in [1.82, 2.24) is 4.98 Å². The van der Waals surface area contributed by atoms with Crippen molar-refractivity contribution in [3.8, 4) is 11.5 Å². The molecule has 2 aliphatic rings. The van der Waals surface area contributed by atoms with E-state index in [0.29, 0.717) is 22.9 Å². The molecular weight excluding hydrogens is 815 g/mol. The number of rotatable bonds is 4. The predicted molar refractivity (Wildman–Crippen MR) is 168 cm³/mol. The van der Waals surface area contributed by atoms with Gasteiger partial charge < -0.3 is 0 Å². The molecule has 0 saturated carbocycles. The minimum atomic E-state index is -2.31. The molecular formula is C35H29N4OPtTe-3. The van der Waals surface area contributed by atoms with Crippen LogP contribution in [0.2, 0.25) is 0 Å². The van der Waals surface area contributed by atoms with Crippen LogP contribution >= 0.6 is 0 Å². The standard InChI is InChI=1S/C35H29N4OTe.Pt/c1-35(2,3)24-18-19-36-34(20-24)39-30-14-7-8-15-32(30)41-33-17-16-27(22-31(33)39)40-26-11-9-10-25(21-26)38-23-37(4)28-12-5-6-13-29(28)38;/h5-20,23H,1-4H3;/q-3;/i4D3;. The van der Waals surface area contributed by atoms with E-state index in [1.807, 2.05) is 53.6 Å². The van der Waals surface area contributed by atoms with E-state index in [1.165, 1.54) is 17.7 Å². The van der Waals surface area contributed by atoms with E-state index in [9.17, 15) is 0 Å². The van der Waals surface area contributed by atoms with E-state index in [4.69, 9.17) is 13.8 Å². The minimum Gasteiger partial charge on any atom is 0 e. The van der Waals surface area contributed by atoms with Crippen molar-refractivity contribution >= 4 is 62.4 Å². The Bertz CT molecular complexity index is 1880. The van der Waals surface area contributed by atoms with Crippen LogP contribution in [0.15, 0.2) is 97.2 Å². The summed E-state index contributed by atoms with van der Waals surface area (Å²) < 4.78 is 33.0. The van der Waals surface area contributed by atoms with Gasteiger partial charge in [-0.15, -0.1) is 0 Å². The van der Waals surface area contributed by atoms with Gasteiger partial charge >= 0.3 is 247 Å². The quantitative estimate of drug-likeness (QED) is 0.142. The molecule has 42 heavy (non-hydrogen) atoms. The molecule has 0 N–H and O–H groups in total. The third-order valence-electron chi connectivity index (χ3n) is 7.12. The van der Waals surface area contributed by atoms with Gasteiger partial charge in [-0.1, -0.05) is 6.07 Å². The summed E-state index contributed by atoms with van der Waals surface area (Å²) in [6, 6.07) is 36.8. The summed E-state index contributed by atoms with van der Waals surface area (Å²) in [4.78, 5) is 10.1. The predicted octanol–water partition coefficient (Wildman–Crippen LogP) is 6.91. The molecule has 5 nitrogen and oxygen atoms in total. The number of aromatic nitrogens is 1. The average Bonchev–Trinajstić information content (AvgIpc) is 3.40. The Kier molecular flexibility index (Phi) is 6.86. The second kappa shape index (κ2) is 11.4. The van der Waals surface area contributed by atoms with Crippen LogP contribution in [-0.4, -0.2) is 32.9 Å². The summed E-state index contributed by atoms with van der Waals surface area (Å²) in [6.45, 7) is 5.90. The first-order valence-electron chi connectivity index (χ1n) is 14.9. The van der Waals surface area contributed by atoms with Crippen LogP contribution in [0.1, 0.15) is 30.4 Å². The molecule has 214 valence electrons. The number of hydrogen-bond acceptors (Lipinski definition) is 5. The zero-order valence-electron chi connectivity index (χ0n) is 26.2. The van der Waals surface area contributed by atoms with Crippen LogP contribution in [0, 0.1) is 18.8 Å². The summed E-state index contributed by atoms with van der Waals surface area (Å²) in [7, 11) is 0. The van der Waals surface area contributed by atoms with Crippen molar-refractivity contribution < 1.29 is 29.9 Å².